The van der Waals surface area contributed by atoms with Gasteiger partial charge in [0, 0.05) is 226 Å². The molecule has 55 heteroatoms. The molecule has 40 nitrogen and oxygen atoms in total. The zero-order valence-corrected chi connectivity index (χ0v) is 103. The lowest BCUT2D eigenvalue weighted by Crippen LogP contribution is -2.46. The zero-order chi connectivity index (χ0) is 112. The second kappa shape index (κ2) is 74.2. The Bertz CT molecular complexity index is 5890. The third-order valence-corrected chi connectivity index (χ3v) is 29.2. The number of rotatable bonds is 26. The van der Waals surface area contributed by atoms with E-state index in [-0.39, 0.29) is 55.0 Å². The molecule has 0 saturated carbocycles. The molecule has 1 aromatic carbocycles. The number of pyridine rings is 9. The number of hydrogen-bond donors (Lipinski definition) is 1. The van der Waals surface area contributed by atoms with Gasteiger partial charge in [-0.15, -0.1) is 4.52 Å². The van der Waals surface area contributed by atoms with Crippen LogP contribution in [0.25, 0.3) is 0 Å². The maximum absolute atomic E-state index is 13.3. The Hall–Kier alpha value is -6.81. The third-order valence-electron chi connectivity index (χ3n) is 15.7. The Morgan fingerprint density at radius 2 is 0.799 bits per heavy atom. The summed E-state index contributed by atoms with van der Waals surface area (Å²) in [5, 5.41) is 65.4. The highest BCUT2D eigenvalue weighted by atomic mass is 79.9. The van der Waals surface area contributed by atoms with E-state index < -0.39 is 78.1 Å². The summed E-state index contributed by atoms with van der Waals surface area (Å²) in [5.41, 5.74) is 7.48. The van der Waals surface area contributed by atoms with Crippen LogP contribution >= 0.6 is 188 Å². The van der Waals surface area contributed by atoms with Gasteiger partial charge in [-0.3, -0.25) is 67.6 Å². The Labute approximate surface area is 915 Å². The minimum absolute atomic E-state index is 0.0208. The van der Waals surface area contributed by atoms with Gasteiger partial charge in [0.1, 0.15) is 30.9 Å². The van der Waals surface area contributed by atoms with Gasteiger partial charge in [-0.2, -0.15) is 14.2 Å². The molecule has 1 N–H and O–H groups in total. The number of esters is 2. The fraction of sp³-hybridized carbons (Fsp3) is 0.393. The van der Waals surface area contributed by atoms with E-state index in [4.69, 9.17) is 32.3 Å². The van der Waals surface area contributed by atoms with Crippen LogP contribution in [-0.2, 0) is 89.8 Å². The van der Waals surface area contributed by atoms with Crippen molar-refractivity contribution < 1.29 is 117 Å². The van der Waals surface area contributed by atoms with Gasteiger partial charge in [-0.1, -0.05) is 94.9 Å². The molecule has 0 saturated heterocycles. The van der Waals surface area contributed by atoms with Crippen molar-refractivity contribution in [2.75, 3.05) is 86.2 Å². The highest BCUT2D eigenvalue weighted by molar-refractivity contribution is 9.18. The van der Waals surface area contributed by atoms with Crippen molar-refractivity contribution in [2.24, 2.45) is 0 Å². The number of ether oxygens (including phenoxy) is 4. The monoisotopic (exact) mass is 2700 g/mol. The quantitative estimate of drug-likeness (QED) is 0.00502. The molecule has 10 aromatic rings. The van der Waals surface area contributed by atoms with Crippen LogP contribution in [0.15, 0.2) is 188 Å². The van der Waals surface area contributed by atoms with Crippen LogP contribution in [0.5, 0.6) is 0 Å². The molecule has 6 atom stereocenters. The van der Waals surface area contributed by atoms with E-state index >= 15 is 0 Å². The molecule has 6 unspecified atom stereocenters. The van der Waals surface area contributed by atoms with E-state index in [0.717, 1.165) is 56.4 Å². The molecule has 9 aromatic heterocycles. The molecular formula is C89H120Br9N12O28P6+. The largest absolute Gasteiger partial charge is 0.618 e. The van der Waals surface area contributed by atoms with Crippen molar-refractivity contribution in [1.82, 2.24) is 29.9 Å². The molecular weight excluding hydrogens is 2590 g/mol. The van der Waals surface area contributed by atoms with E-state index in [2.05, 4.69) is 183 Å². The normalized spacial score (nSPS) is 12.3. The topological polar surface area (TPSA) is 545 Å². The Morgan fingerprint density at radius 3 is 1.17 bits per heavy atom. The van der Waals surface area contributed by atoms with E-state index in [1.807, 2.05) is 129 Å². The number of nitrogens with zero attached hydrogens (tertiary/aromatic N) is 12. The predicted molar refractivity (Wildman–Crippen MR) is 591 cm³/mol. The smallest absolute Gasteiger partial charge is 0.504 e. The summed E-state index contributed by atoms with van der Waals surface area (Å²) >= 11 is 28.2. The van der Waals surface area contributed by atoms with Crippen molar-refractivity contribution in [1.29, 1.82) is 0 Å². The van der Waals surface area contributed by atoms with Gasteiger partial charge in [0.15, 0.2) is 28.4 Å². The number of carbonyl (C=O) groups excluding carboxylic acids is 3. The summed E-state index contributed by atoms with van der Waals surface area (Å²) in [6.07, 6.45) is 0.785. The number of carbonyl (C=O) groups is 3. The predicted octanol–water partition coefficient (Wildman–Crippen LogP) is 22.6. The highest BCUT2D eigenvalue weighted by Crippen LogP contribution is 2.46. The molecule has 10 rings (SSSR count). The highest BCUT2D eigenvalue weighted by Gasteiger charge is 2.32. The summed E-state index contributed by atoms with van der Waals surface area (Å²) in [6.45, 7) is 44.9. The van der Waals surface area contributed by atoms with Crippen molar-refractivity contribution >= 4 is 254 Å². The summed E-state index contributed by atoms with van der Waals surface area (Å²) in [6, 6.07) is 42.0. The van der Waals surface area contributed by atoms with Crippen LogP contribution < -0.4 is 46.7 Å². The fourth-order valence-electron chi connectivity index (χ4n) is 9.92. The van der Waals surface area contributed by atoms with Crippen LogP contribution in [-0.4, -0.2) is 159 Å². The number of hydrogen-bond acceptors (Lipinski definition) is 33. The number of halogens is 9. The number of aryl methyl sites for hydroxylation is 9. The molecule has 0 spiro atoms. The van der Waals surface area contributed by atoms with Crippen LogP contribution in [0.2, 0.25) is 0 Å². The second-order valence-electron chi connectivity index (χ2n) is 28.3. The maximum Gasteiger partial charge on any atom is 0.504 e. The van der Waals surface area contributed by atoms with E-state index in [9.17, 15) is 92.6 Å². The first-order chi connectivity index (χ1) is 66.8. The van der Waals surface area contributed by atoms with Gasteiger partial charge in [-0.25, -0.2) is 29.9 Å². The van der Waals surface area contributed by atoms with Gasteiger partial charge in [0.05, 0.1) is 59.9 Å². The molecule has 9 heterocycles. The van der Waals surface area contributed by atoms with E-state index in [0.29, 0.717) is 104 Å². The minimum Gasteiger partial charge on any atom is -0.618 e. The average molecular weight is 2710 g/mol. The molecule has 0 aliphatic heterocycles. The first-order valence-corrected chi connectivity index (χ1v) is 61.3. The van der Waals surface area contributed by atoms with Crippen LogP contribution in [0, 0.1) is 101 Å². The minimum atomic E-state index is -3.21. The van der Waals surface area contributed by atoms with Crippen molar-refractivity contribution in [3.05, 3.63) is 285 Å². The van der Waals surface area contributed by atoms with Gasteiger partial charge in [-0.05, 0) is 216 Å². The number of nitro groups is 3. The first kappa shape index (κ1) is 141. The lowest BCUT2D eigenvalue weighted by atomic mass is 10.3. The van der Waals surface area contributed by atoms with Gasteiger partial charge >= 0.3 is 20.0 Å². The van der Waals surface area contributed by atoms with Gasteiger partial charge in [0.25, 0.3) is 52.9 Å². The number of aromatic nitrogens is 9. The standard InChI is InChI=1S/C15H17BrNO2P.C9H13BrNO3P.C9H13BrNO2P.C9H13N2O4P.C7H9BrNO2P.C7H16O3.C6H5BrN2O3.C6H5BrN2O2.C6H6BrNO.C6H6BrN.C4H6O3.C3H8O2P.C2H3BrO/c1-3-13-10-12(16)11-15(17-13)20(18,19-4-2)14-8-6-5-7-9-14;1-4-14-15(3,13)9-6-8(10)5-7(2)11(9)12;1-4-13-14(3,12)9-6-8(10)5-7(2)11-9;1-4-15-16(3,14)9-6-8(11(12)13)5-7(2)10-9;1-5-3-6(8)4-7(9-5)12(2,10)11;1-4-8-7(9-5-2)10-6-3;1-4-2-5(9(11)12)3-6(7)8(4)10;1-4-2-5(9(10)11)3-6(7)8-4;1-5-3-2-4-6(7)8(5)9;1-5-3-2-4-6(7)8-5;1-3(5)7-4(2)6;1-3-5-6(2)4;1-2(3)4/h5-11H,3-4H2,1-2H3;5-6H,4H2,1-3H3;5-6H,4H2,1-3H3;5-6H,4H2,1-3H3;3-4H,1-2H3,(H,10,11);7H,4-6H2,1-3H3;2-3H,1H3;2-3H,1H3;2-4H,1H3;2-4H,1H3;1-2H3;3H2,1-2H3;1H3/q;;;;;;;;;;;+1;. The number of benzene rings is 1. The molecule has 0 amide bonds. The first-order valence-electron chi connectivity index (χ1n) is 42.6. The second-order valence-corrected chi connectivity index (χ2v) is 49.3. The fourth-order valence-corrected chi connectivity index (χ4v) is 21.9. The van der Waals surface area contributed by atoms with Crippen molar-refractivity contribution in [2.45, 2.75) is 151 Å². The molecule has 0 aliphatic carbocycles. The molecule has 0 aliphatic rings. The van der Waals surface area contributed by atoms with E-state index in [1.165, 1.54) is 90.2 Å². The molecule has 0 radical (unpaired) electrons. The lowest BCUT2D eigenvalue weighted by Gasteiger charge is -2.18. The lowest BCUT2D eigenvalue weighted by molar-refractivity contribution is -0.624. The van der Waals surface area contributed by atoms with E-state index in [1.54, 1.807) is 104 Å². The molecule has 0 bridgehead atoms. The Kier molecular flexibility index (Phi) is 72.8. The van der Waals surface area contributed by atoms with Crippen LogP contribution in [0.1, 0.15) is 134 Å². The third kappa shape index (κ3) is 61.4. The van der Waals surface area contributed by atoms with Gasteiger partial charge in [0.2, 0.25) is 22.1 Å². The Balaban J connectivity index is -0.00000152. The summed E-state index contributed by atoms with van der Waals surface area (Å²) in [4.78, 5) is 92.6. The zero-order valence-electron chi connectivity index (χ0n) is 83.8. The average Bonchev–Trinajstić information content (AvgIpc) is 0.782. The molecule has 796 valence electrons. The maximum atomic E-state index is 13.3. The summed E-state index contributed by atoms with van der Waals surface area (Å²) in [7, 11) is -16.5. The van der Waals surface area contributed by atoms with Gasteiger partial charge < -0.3 is 57.6 Å². The SMILES string of the molecule is CC(=O)Br.CC(=O)OC(C)=O.CCOC(OCC)OCC.CCOP(=O)(c1ccccc1)c1cc(Br)cc(CC)n1.CCOP(C)(=O)c1cc(Br)cc(C)[n+]1[O-].CCOP(C)(=O)c1cc(Br)cc(C)n1.CCOP(C)(=O)c1cc([N+](=O)[O-])cc(C)n1.CCO[P+](C)=O.Cc1cc(Br)cc(P(C)(=O)O)n1.Cc1cc([N+](=O)[O-])cc(Br)[n+]1[O-].Cc1cc([N+](=O)[O-])cc(Br)n1.Cc1cccc(Br)[n+]1[O-].Cc1cccc(Br)n1. The molecule has 0 fully saturated rings. The van der Waals surface area contributed by atoms with Crippen molar-refractivity contribution in [3.8, 4) is 0 Å². The summed E-state index contributed by atoms with van der Waals surface area (Å²) < 4.78 is 123. The molecule has 144 heavy (non-hydrogen) atoms. The Morgan fingerprint density at radius 1 is 0.410 bits per heavy atom. The van der Waals surface area contributed by atoms with Crippen molar-refractivity contribution in [3.63, 3.8) is 0 Å². The van der Waals surface area contributed by atoms with Crippen LogP contribution in [0.4, 0.5) is 17.1 Å². The summed E-state index contributed by atoms with van der Waals surface area (Å²) in [5.74, 6) is -1.12. The van der Waals surface area contributed by atoms with Crippen LogP contribution in [0.3, 0.4) is 0 Å².